The molecule has 0 bridgehead atoms. The van der Waals surface area contributed by atoms with E-state index in [2.05, 4.69) is 27.9 Å². The molecule has 1 unspecified atom stereocenters. The maximum atomic E-state index is 13.0. The van der Waals surface area contributed by atoms with Crippen molar-refractivity contribution >= 4 is 33.9 Å². The fraction of sp³-hybridized carbons (Fsp3) is 0.231. The van der Waals surface area contributed by atoms with E-state index in [0.717, 1.165) is 14.5 Å². The molecule has 0 spiro atoms. The van der Waals surface area contributed by atoms with Gasteiger partial charge in [-0.05, 0) is 58.3 Å². The van der Waals surface area contributed by atoms with Crippen molar-refractivity contribution in [3.05, 3.63) is 55.3 Å². The van der Waals surface area contributed by atoms with Gasteiger partial charge in [0.25, 0.3) is 0 Å². The molecule has 1 N–H and O–H groups in total. The first-order valence-electron chi connectivity index (χ1n) is 5.51. The van der Waals surface area contributed by atoms with E-state index >= 15 is 0 Å². The largest absolute Gasteiger partial charge is 0.416 e. The average Bonchev–Trinajstić information content (AvgIpc) is 2.76. The van der Waals surface area contributed by atoms with E-state index in [1.54, 1.807) is 13.1 Å². The standard InChI is InChI=1S/C13H11F3INS/c1-18-12(8-6-11(17)19-7-8)9-4-2-3-5-10(9)13(14,15)16/h2-7,12,18H,1H3. The molecule has 0 fully saturated rings. The summed E-state index contributed by atoms with van der Waals surface area (Å²) in [6.45, 7) is 0. The van der Waals surface area contributed by atoms with Gasteiger partial charge in [0.05, 0.1) is 14.5 Å². The number of rotatable bonds is 3. The molecule has 0 saturated heterocycles. The van der Waals surface area contributed by atoms with Gasteiger partial charge in [-0.1, -0.05) is 18.2 Å². The van der Waals surface area contributed by atoms with Crippen LogP contribution in [0.15, 0.2) is 35.7 Å². The highest BCUT2D eigenvalue weighted by Crippen LogP contribution is 2.37. The van der Waals surface area contributed by atoms with E-state index in [4.69, 9.17) is 0 Å². The minimum Gasteiger partial charge on any atom is -0.309 e. The lowest BCUT2D eigenvalue weighted by Crippen LogP contribution is -2.21. The second kappa shape index (κ2) is 5.80. The molecule has 2 aromatic rings. The Labute approximate surface area is 127 Å². The molecule has 1 atom stereocenters. The number of thiophene rings is 1. The molecule has 19 heavy (non-hydrogen) atoms. The van der Waals surface area contributed by atoms with Gasteiger partial charge in [0.2, 0.25) is 0 Å². The maximum absolute atomic E-state index is 13.0. The summed E-state index contributed by atoms with van der Waals surface area (Å²) in [5.74, 6) is 0. The molecule has 1 aromatic heterocycles. The van der Waals surface area contributed by atoms with Crippen LogP contribution >= 0.6 is 33.9 Å². The molecule has 1 nitrogen and oxygen atoms in total. The van der Waals surface area contributed by atoms with Crippen LogP contribution in [0.3, 0.4) is 0 Å². The smallest absolute Gasteiger partial charge is 0.309 e. The third-order valence-corrected chi connectivity index (χ3v) is 4.59. The molecule has 102 valence electrons. The first-order chi connectivity index (χ1) is 8.93. The summed E-state index contributed by atoms with van der Waals surface area (Å²) in [5, 5.41) is 4.85. The molecule has 1 heterocycles. The maximum Gasteiger partial charge on any atom is 0.416 e. The second-order valence-electron chi connectivity index (χ2n) is 3.99. The molecule has 0 radical (unpaired) electrons. The summed E-state index contributed by atoms with van der Waals surface area (Å²) in [4.78, 5) is 0. The van der Waals surface area contributed by atoms with Crippen LogP contribution in [0.4, 0.5) is 13.2 Å². The number of nitrogens with one attached hydrogen (secondary N) is 1. The van der Waals surface area contributed by atoms with Gasteiger partial charge in [0.15, 0.2) is 0 Å². The number of hydrogen-bond donors (Lipinski definition) is 1. The Hall–Kier alpha value is -0.600. The molecule has 0 amide bonds. The van der Waals surface area contributed by atoms with Crippen LogP contribution in [0.2, 0.25) is 0 Å². The van der Waals surface area contributed by atoms with Crippen LogP contribution in [0, 0.1) is 2.88 Å². The monoisotopic (exact) mass is 397 g/mol. The van der Waals surface area contributed by atoms with Gasteiger partial charge < -0.3 is 5.32 Å². The molecule has 6 heteroatoms. The summed E-state index contributed by atoms with van der Waals surface area (Å²) in [5.41, 5.74) is 0.524. The lowest BCUT2D eigenvalue weighted by molar-refractivity contribution is -0.138. The van der Waals surface area contributed by atoms with E-state index in [1.165, 1.54) is 23.5 Å². The quantitative estimate of drug-likeness (QED) is 0.742. The highest BCUT2D eigenvalue weighted by atomic mass is 127. The van der Waals surface area contributed by atoms with Gasteiger partial charge in [-0.3, -0.25) is 0 Å². The minimum absolute atomic E-state index is 0.256. The molecule has 0 aliphatic heterocycles. The molecular weight excluding hydrogens is 386 g/mol. The minimum atomic E-state index is -4.34. The number of alkyl halides is 3. The SMILES string of the molecule is CNC(c1csc(I)c1)c1ccccc1C(F)(F)F. The van der Waals surface area contributed by atoms with E-state index in [0.29, 0.717) is 0 Å². The van der Waals surface area contributed by atoms with Gasteiger partial charge in [-0.15, -0.1) is 11.3 Å². The average molecular weight is 397 g/mol. The van der Waals surface area contributed by atoms with Gasteiger partial charge in [-0.2, -0.15) is 13.2 Å². The zero-order valence-electron chi connectivity index (χ0n) is 9.96. The highest BCUT2D eigenvalue weighted by Gasteiger charge is 2.35. The molecule has 0 saturated carbocycles. The second-order valence-corrected chi connectivity index (χ2v) is 6.80. The molecule has 0 aliphatic rings. The van der Waals surface area contributed by atoms with Gasteiger partial charge >= 0.3 is 6.18 Å². The third-order valence-electron chi connectivity index (χ3n) is 2.79. The lowest BCUT2D eigenvalue weighted by Gasteiger charge is -2.20. The van der Waals surface area contributed by atoms with Crippen LogP contribution < -0.4 is 5.32 Å². The van der Waals surface area contributed by atoms with Crippen molar-refractivity contribution in [2.75, 3.05) is 7.05 Å². The van der Waals surface area contributed by atoms with E-state index in [-0.39, 0.29) is 5.56 Å². The predicted octanol–water partition coefficient (Wildman–Crippen LogP) is 4.68. The number of hydrogen-bond acceptors (Lipinski definition) is 2. The Bertz CT molecular complexity index is 565. The van der Waals surface area contributed by atoms with Crippen molar-refractivity contribution in [3.8, 4) is 0 Å². The first-order valence-corrected chi connectivity index (χ1v) is 7.46. The summed E-state index contributed by atoms with van der Waals surface area (Å²) < 4.78 is 40.2. The Morgan fingerprint density at radius 3 is 2.47 bits per heavy atom. The summed E-state index contributed by atoms with van der Waals surface area (Å²) in [6, 6.07) is 7.14. The van der Waals surface area contributed by atoms with Crippen molar-refractivity contribution in [2.24, 2.45) is 0 Å². The van der Waals surface area contributed by atoms with Gasteiger partial charge in [0.1, 0.15) is 0 Å². The zero-order valence-corrected chi connectivity index (χ0v) is 12.9. The van der Waals surface area contributed by atoms with Gasteiger partial charge in [-0.25, -0.2) is 0 Å². The van der Waals surface area contributed by atoms with Crippen molar-refractivity contribution in [1.82, 2.24) is 5.32 Å². The topological polar surface area (TPSA) is 12.0 Å². The Morgan fingerprint density at radius 1 is 1.26 bits per heavy atom. The zero-order chi connectivity index (χ0) is 14.0. The number of halogens is 4. The first kappa shape index (κ1) is 14.8. The Kier molecular flexibility index (Phi) is 4.52. The normalized spacial score (nSPS) is 13.5. The summed E-state index contributed by atoms with van der Waals surface area (Å²) >= 11 is 3.68. The van der Waals surface area contributed by atoms with Crippen LogP contribution in [0.1, 0.15) is 22.7 Å². The van der Waals surface area contributed by atoms with Crippen molar-refractivity contribution in [1.29, 1.82) is 0 Å². The highest BCUT2D eigenvalue weighted by molar-refractivity contribution is 14.1. The van der Waals surface area contributed by atoms with Crippen LogP contribution in [-0.4, -0.2) is 7.05 Å². The van der Waals surface area contributed by atoms with Crippen LogP contribution in [-0.2, 0) is 6.18 Å². The fourth-order valence-electron chi connectivity index (χ4n) is 1.98. The van der Waals surface area contributed by atoms with Crippen molar-refractivity contribution < 1.29 is 13.2 Å². The van der Waals surface area contributed by atoms with Crippen molar-refractivity contribution in [3.63, 3.8) is 0 Å². The van der Waals surface area contributed by atoms with Crippen molar-refractivity contribution in [2.45, 2.75) is 12.2 Å². The van der Waals surface area contributed by atoms with Crippen LogP contribution in [0.5, 0.6) is 0 Å². The predicted molar refractivity (Wildman–Crippen MR) is 79.4 cm³/mol. The summed E-state index contributed by atoms with van der Waals surface area (Å²) in [7, 11) is 1.67. The fourth-order valence-corrected chi connectivity index (χ4v) is 3.38. The van der Waals surface area contributed by atoms with Crippen LogP contribution in [0.25, 0.3) is 0 Å². The third kappa shape index (κ3) is 3.29. The molecular formula is C13H11F3INS. The lowest BCUT2D eigenvalue weighted by atomic mass is 9.96. The Morgan fingerprint density at radius 2 is 1.95 bits per heavy atom. The van der Waals surface area contributed by atoms with E-state index in [9.17, 15) is 13.2 Å². The van der Waals surface area contributed by atoms with E-state index in [1.807, 2.05) is 11.4 Å². The van der Waals surface area contributed by atoms with E-state index < -0.39 is 17.8 Å². The Balaban J connectivity index is 2.50. The molecule has 1 aromatic carbocycles. The molecule has 2 rings (SSSR count). The number of benzene rings is 1. The van der Waals surface area contributed by atoms with Gasteiger partial charge in [0, 0.05) is 0 Å². The summed E-state index contributed by atoms with van der Waals surface area (Å²) in [6.07, 6.45) is -4.34. The molecule has 0 aliphatic carbocycles.